The van der Waals surface area contributed by atoms with E-state index < -0.39 is 69.1 Å². The third-order valence-electron chi connectivity index (χ3n) is 7.47. The number of nitrogen functional groups attached to an aromatic ring is 2. The highest BCUT2D eigenvalue weighted by atomic mass is 31.2. The van der Waals surface area contributed by atoms with Gasteiger partial charge in [0, 0.05) is 5.92 Å². The van der Waals surface area contributed by atoms with Crippen LogP contribution in [0, 0.1) is 5.92 Å². The van der Waals surface area contributed by atoms with E-state index in [-0.39, 0.29) is 36.0 Å². The molecule has 3 unspecified atom stereocenters. The maximum absolute atomic E-state index is 13.1. The Morgan fingerprint density at radius 1 is 1.00 bits per heavy atom. The Bertz CT molecular complexity index is 1760. The fraction of sp³-hybridized carbons (Fsp3) is 0.524. The summed E-state index contributed by atoms with van der Waals surface area (Å²) in [4.78, 5) is 45.6. The lowest BCUT2D eigenvalue weighted by molar-refractivity contribution is -0.178. The van der Waals surface area contributed by atoms with E-state index in [1.807, 2.05) is 0 Å². The number of fused-ring (bicyclic) bond motifs is 5. The maximum atomic E-state index is 13.1. The Morgan fingerprint density at radius 3 is 2.57 bits per heavy atom. The van der Waals surface area contributed by atoms with E-state index in [1.54, 1.807) is 0 Å². The van der Waals surface area contributed by atoms with Crippen LogP contribution in [0.2, 0.25) is 0 Å². The van der Waals surface area contributed by atoms with Crippen LogP contribution in [0.4, 0.5) is 11.8 Å². The molecule has 8 N–H and O–H groups in total. The van der Waals surface area contributed by atoms with Gasteiger partial charge in [-0.2, -0.15) is 4.98 Å². The van der Waals surface area contributed by atoms with Gasteiger partial charge >= 0.3 is 7.82 Å². The van der Waals surface area contributed by atoms with Crippen molar-refractivity contribution < 1.29 is 42.9 Å². The van der Waals surface area contributed by atoms with Crippen LogP contribution in [-0.4, -0.2) is 98.1 Å². The third-order valence-corrected chi connectivity index (χ3v) is 8.45. The molecule has 0 aliphatic carbocycles. The highest BCUT2D eigenvalue weighted by Crippen LogP contribution is 2.51. The van der Waals surface area contributed by atoms with Crippen LogP contribution in [-0.2, 0) is 27.8 Å². The van der Waals surface area contributed by atoms with Crippen LogP contribution in [0.3, 0.4) is 0 Å². The van der Waals surface area contributed by atoms with E-state index in [1.165, 1.54) is 28.1 Å². The molecule has 4 aromatic heterocycles. The van der Waals surface area contributed by atoms with Gasteiger partial charge in [-0.15, -0.1) is 0 Å². The van der Waals surface area contributed by atoms with Gasteiger partial charge in [0.25, 0.3) is 5.56 Å². The molecule has 0 saturated carbocycles. The van der Waals surface area contributed by atoms with Crippen molar-refractivity contribution in [3.05, 3.63) is 29.3 Å². The number of anilines is 2. The molecule has 7 rings (SSSR count). The minimum absolute atomic E-state index is 0.0168. The van der Waals surface area contributed by atoms with E-state index >= 15 is 0 Å². The normalized spacial score (nSPS) is 35.7. The Kier molecular flexibility index (Phi) is 6.49. The minimum Gasteiger partial charge on any atom is -0.388 e. The molecule has 20 nitrogen and oxygen atoms in total. The van der Waals surface area contributed by atoms with Crippen LogP contribution >= 0.6 is 7.82 Å². The lowest BCUT2D eigenvalue weighted by atomic mass is 9.95. The summed E-state index contributed by atoms with van der Waals surface area (Å²) in [6.45, 7) is -0.489. The van der Waals surface area contributed by atoms with Crippen LogP contribution in [0.5, 0.6) is 0 Å². The zero-order valence-electron chi connectivity index (χ0n) is 21.4. The number of nitrogens with zero attached hydrogens (tertiary/aromatic N) is 7. The Balaban J connectivity index is 1.17. The first kappa shape index (κ1) is 27.3. The summed E-state index contributed by atoms with van der Waals surface area (Å²) in [5.41, 5.74) is 11.5. The van der Waals surface area contributed by atoms with Gasteiger partial charge in [-0.3, -0.25) is 28.0 Å². The number of aromatic amines is 1. The van der Waals surface area contributed by atoms with Gasteiger partial charge in [0.05, 0.1) is 32.0 Å². The number of nitrogens with two attached hydrogens (primary N) is 2. The second kappa shape index (κ2) is 10.0. The number of imidazole rings is 2. The average Bonchev–Trinajstić information content (AvgIpc) is 3.69. The second-order valence-electron chi connectivity index (χ2n) is 9.96. The largest absolute Gasteiger partial charge is 0.472 e. The molecule has 224 valence electrons. The number of aliphatic hydroxyl groups excluding tert-OH is 2. The lowest BCUT2D eigenvalue weighted by Gasteiger charge is -2.26. The van der Waals surface area contributed by atoms with Crippen LogP contribution in [0.15, 0.2) is 23.8 Å². The van der Waals surface area contributed by atoms with E-state index in [2.05, 4.69) is 29.9 Å². The number of aromatic nitrogens is 8. The van der Waals surface area contributed by atoms with Crippen molar-refractivity contribution in [2.75, 3.05) is 24.7 Å². The Labute approximate surface area is 233 Å². The van der Waals surface area contributed by atoms with Crippen molar-refractivity contribution in [1.82, 2.24) is 39.0 Å². The first-order chi connectivity index (χ1) is 20.1. The molecular weight excluding hydrogens is 583 g/mol. The predicted molar refractivity (Wildman–Crippen MR) is 137 cm³/mol. The zero-order chi connectivity index (χ0) is 29.3. The number of phosphoric ester groups is 1. The van der Waals surface area contributed by atoms with Gasteiger partial charge in [0.2, 0.25) is 5.95 Å². The van der Waals surface area contributed by atoms with E-state index in [0.29, 0.717) is 11.2 Å². The predicted octanol–water partition coefficient (Wildman–Crippen LogP) is -1.86. The molecule has 0 aromatic carbocycles. The van der Waals surface area contributed by atoms with E-state index in [9.17, 15) is 24.5 Å². The van der Waals surface area contributed by atoms with Gasteiger partial charge in [-0.1, -0.05) is 0 Å². The number of phosphoric acid groups is 1. The molecule has 3 aliphatic heterocycles. The van der Waals surface area contributed by atoms with Crippen LogP contribution < -0.4 is 17.0 Å². The van der Waals surface area contributed by atoms with Gasteiger partial charge in [-0.05, 0) is 6.42 Å². The number of aliphatic hydroxyl groups is 2. The number of hydrogen-bond acceptors (Lipinski definition) is 16. The number of hydrogen-bond donors (Lipinski definition) is 6. The summed E-state index contributed by atoms with van der Waals surface area (Å²) in [7, 11) is -4.90. The molecule has 4 aromatic rings. The topological polar surface area (TPSA) is 283 Å². The first-order valence-corrected chi connectivity index (χ1v) is 14.2. The summed E-state index contributed by atoms with van der Waals surface area (Å²) >= 11 is 0. The molecule has 3 aliphatic rings. The van der Waals surface area contributed by atoms with Gasteiger partial charge in [0.1, 0.15) is 30.2 Å². The molecule has 9 atom stereocenters. The van der Waals surface area contributed by atoms with Gasteiger partial charge in [-0.25, -0.2) is 24.5 Å². The standard InChI is InChI=1S/C21H25N10O10P/c22-14-9-15(25-4-24-14)30(5-26-9)18-11(32)7-1-2-37-20-12(33)13(41-42(35,36)38-3-8(7)39-18)19(40-20)31-6-27-10-16(31)28-21(23)29-17(10)34/h4-8,11-13,18-20,32-33H,1-3H2,(H,35,36)(H2,22,24,25)(H3,23,28,29,34)/t7-,8?,11+,12+,13-,18-,19-,20?/m1/s1. The summed E-state index contributed by atoms with van der Waals surface area (Å²) in [6.07, 6.45) is -4.78. The van der Waals surface area contributed by atoms with Crippen molar-refractivity contribution in [2.45, 2.75) is 49.6 Å². The highest BCUT2D eigenvalue weighted by molar-refractivity contribution is 7.47. The molecule has 3 saturated heterocycles. The van der Waals surface area contributed by atoms with Crippen LogP contribution in [0.25, 0.3) is 22.3 Å². The maximum Gasteiger partial charge on any atom is 0.472 e. The minimum atomic E-state index is -4.90. The summed E-state index contributed by atoms with van der Waals surface area (Å²) in [6, 6.07) is 0. The quantitative estimate of drug-likeness (QED) is 0.136. The number of ether oxygens (including phenoxy) is 3. The fourth-order valence-corrected chi connectivity index (χ4v) is 6.43. The van der Waals surface area contributed by atoms with E-state index in [0.717, 1.165) is 0 Å². The average molecular weight is 608 g/mol. The van der Waals surface area contributed by atoms with Crippen molar-refractivity contribution in [1.29, 1.82) is 0 Å². The number of H-pyrrole nitrogens is 1. The molecule has 0 radical (unpaired) electrons. The Hall–Kier alpha value is -3.59. The lowest BCUT2D eigenvalue weighted by Crippen LogP contribution is -2.37. The van der Waals surface area contributed by atoms with Crippen molar-refractivity contribution in [3.63, 3.8) is 0 Å². The van der Waals surface area contributed by atoms with Gasteiger partial charge < -0.3 is 40.8 Å². The first-order valence-electron chi connectivity index (χ1n) is 12.7. The molecular formula is C21H25N10O10P. The summed E-state index contributed by atoms with van der Waals surface area (Å²) < 4.78 is 44.2. The fourth-order valence-electron chi connectivity index (χ4n) is 5.49. The smallest absolute Gasteiger partial charge is 0.388 e. The monoisotopic (exact) mass is 608 g/mol. The number of rotatable bonds is 2. The molecule has 0 amide bonds. The molecule has 2 bridgehead atoms. The second-order valence-corrected chi connectivity index (χ2v) is 11.4. The zero-order valence-corrected chi connectivity index (χ0v) is 22.3. The number of nitrogens with one attached hydrogen (secondary N) is 1. The van der Waals surface area contributed by atoms with Crippen molar-refractivity contribution in [2.24, 2.45) is 5.92 Å². The van der Waals surface area contributed by atoms with Crippen molar-refractivity contribution >= 4 is 41.9 Å². The Morgan fingerprint density at radius 2 is 1.76 bits per heavy atom. The molecule has 7 heterocycles. The highest BCUT2D eigenvalue weighted by Gasteiger charge is 2.52. The van der Waals surface area contributed by atoms with E-state index in [4.69, 9.17) is 34.7 Å². The summed E-state index contributed by atoms with van der Waals surface area (Å²) in [5, 5.41) is 22.2. The third kappa shape index (κ3) is 4.44. The summed E-state index contributed by atoms with van der Waals surface area (Å²) in [5.74, 6) is -0.717. The van der Waals surface area contributed by atoms with Crippen LogP contribution in [0.1, 0.15) is 18.9 Å². The molecule has 0 spiro atoms. The van der Waals surface area contributed by atoms with Crippen molar-refractivity contribution in [3.8, 4) is 0 Å². The SMILES string of the molecule is Nc1nc2c(ncn2[C@@H]2OC3OCC[C@@H]4C(COP(=O)(O)O[C@@H]2[C@@H]3O)O[C@@H](n2cnc3c(N)ncnc32)[C@H]4O)c(=O)[nH]1. The molecule has 21 heteroatoms. The van der Waals surface area contributed by atoms with Gasteiger partial charge in [0.15, 0.2) is 41.4 Å². The molecule has 3 fully saturated rings. The molecule has 42 heavy (non-hydrogen) atoms.